The summed E-state index contributed by atoms with van der Waals surface area (Å²) in [6.45, 7) is 3.69. The number of fused-ring (bicyclic) bond motifs is 1. The van der Waals surface area contributed by atoms with Gasteiger partial charge in [-0.2, -0.15) is 0 Å². The van der Waals surface area contributed by atoms with Crippen molar-refractivity contribution in [1.29, 1.82) is 0 Å². The van der Waals surface area contributed by atoms with E-state index in [0.29, 0.717) is 6.04 Å². The van der Waals surface area contributed by atoms with Crippen molar-refractivity contribution in [3.63, 3.8) is 0 Å². The molecule has 2 rings (SSSR count). The Morgan fingerprint density at radius 1 is 1.59 bits per heavy atom. The van der Waals surface area contributed by atoms with Crippen LogP contribution in [0.15, 0.2) is 22.7 Å². The zero-order chi connectivity index (χ0) is 12.3. The molecule has 0 saturated carbocycles. The van der Waals surface area contributed by atoms with Gasteiger partial charge in [-0.1, -0.05) is 15.9 Å². The Bertz CT molecular complexity index is 384. The van der Waals surface area contributed by atoms with E-state index in [-0.39, 0.29) is 6.10 Å². The van der Waals surface area contributed by atoms with Crippen LogP contribution in [-0.2, 0) is 4.74 Å². The van der Waals surface area contributed by atoms with E-state index in [1.807, 2.05) is 12.1 Å². The molecule has 94 valence electrons. The zero-order valence-electron chi connectivity index (χ0n) is 10.2. The van der Waals surface area contributed by atoms with Gasteiger partial charge in [0.05, 0.1) is 12.7 Å². The highest BCUT2D eigenvalue weighted by molar-refractivity contribution is 9.10. The second-order valence-electron chi connectivity index (χ2n) is 4.33. The average Bonchev–Trinajstić information content (AvgIpc) is 2.35. The minimum absolute atomic E-state index is 0.230. The fraction of sp³-hybridized carbons (Fsp3) is 0.538. The first-order chi connectivity index (χ1) is 8.20. The third kappa shape index (κ3) is 3.21. The Morgan fingerprint density at radius 3 is 3.18 bits per heavy atom. The lowest BCUT2D eigenvalue weighted by atomic mass is 10.0. The van der Waals surface area contributed by atoms with E-state index in [9.17, 15) is 0 Å². The van der Waals surface area contributed by atoms with Crippen molar-refractivity contribution >= 4 is 15.9 Å². The van der Waals surface area contributed by atoms with E-state index in [1.54, 1.807) is 7.11 Å². The molecule has 4 heteroatoms. The maximum absolute atomic E-state index is 5.65. The highest BCUT2D eigenvalue weighted by Crippen LogP contribution is 2.33. The van der Waals surface area contributed by atoms with E-state index >= 15 is 0 Å². The summed E-state index contributed by atoms with van der Waals surface area (Å²) in [5.41, 5.74) is 1.23. The predicted molar refractivity (Wildman–Crippen MR) is 71.5 cm³/mol. The number of halogens is 1. The first kappa shape index (κ1) is 12.9. The molecule has 1 aromatic rings. The van der Waals surface area contributed by atoms with Crippen LogP contribution in [0.4, 0.5) is 0 Å². The summed E-state index contributed by atoms with van der Waals surface area (Å²) < 4.78 is 12.0. The van der Waals surface area contributed by atoms with Gasteiger partial charge >= 0.3 is 0 Å². The molecule has 0 aromatic heterocycles. The fourth-order valence-electron chi connectivity index (χ4n) is 1.97. The second kappa shape index (κ2) is 5.85. The largest absolute Gasteiger partial charge is 0.493 e. The van der Waals surface area contributed by atoms with E-state index in [1.165, 1.54) is 5.56 Å². The van der Waals surface area contributed by atoms with Crippen molar-refractivity contribution < 1.29 is 9.47 Å². The van der Waals surface area contributed by atoms with Crippen LogP contribution in [0.1, 0.15) is 24.9 Å². The van der Waals surface area contributed by atoms with Gasteiger partial charge in [-0.15, -0.1) is 0 Å². The number of rotatable bonds is 4. The van der Waals surface area contributed by atoms with Crippen molar-refractivity contribution in [2.24, 2.45) is 0 Å². The summed E-state index contributed by atoms with van der Waals surface area (Å²) in [6, 6.07) is 6.52. The van der Waals surface area contributed by atoms with Gasteiger partial charge in [0.2, 0.25) is 0 Å². The lowest BCUT2D eigenvalue weighted by molar-refractivity contribution is 0.111. The number of hydrogen-bond acceptors (Lipinski definition) is 3. The summed E-state index contributed by atoms with van der Waals surface area (Å²) >= 11 is 3.50. The normalized spacial score (nSPS) is 20.5. The molecule has 0 saturated heterocycles. The summed E-state index contributed by atoms with van der Waals surface area (Å²) in [4.78, 5) is 0. The standard InChI is InChI=1S/C13H18BrNO2/c1-9(16-2)8-15-12-5-6-17-13-4-3-10(14)7-11(12)13/h3-4,7,9,12,15H,5-6,8H2,1-2H3. The lowest BCUT2D eigenvalue weighted by Gasteiger charge is -2.28. The summed E-state index contributed by atoms with van der Waals surface area (Å²) in [6.07, 6.45) is 1.23. The number of hydrogen-bond donors (Lipinski definition) is 1. The van der Waals surface area contributed by atoms with Gasteiger partial charge in [0.15, 0.2) is 0 Å². The van der Waals surface area contributed by atoms with Crippen LogP contribution in [0.3, 0.4) is 0 Å². The smallest absolute Gasteiger partial charge is 0.124 e. The number of nitrogens with one attached hydrogen (secondary N) is 1. The van der Waals surface area contributed by atoms with Crippen LogP contribution in [-0.4, -0.2) is 26.4 Å². The van der Waals surface area contributed by atoms with Crippen molar-refractivity contribution in [2.75, 3.05) is 20.3 Å². The van der Waals surface area contributed by atoms with Crippen LogP contribution >= 0.6 is 15.9 Å². The molecule has 1 aromatic carbocycles. The molecule has 1 N–H and O–H groups in total. The van der Waals surface area contributed by atoms with Crippen molar-refractivity contribution in [3.05, 3.63) is 28.2 Å². The highest BCUT2D eigenvalue weighted by atomic mass is 79.9. The maximum atomic E-state index is 5.65. The van der Waals surface area contributed by atoms with Gasteiger partial charge < -0.3 is 14.8 Å². The summed E-state index contributed by atoms with van der Waals surface area (Å²) in [7, 11) is 1.74. The maximum Gasteiger partial charge on any atom is 0.124 e. The minimum atomic E-state index is 0.230. The zero-order valence-corrected chi connectivity index (χ0v) is 11.8. The van der Waals surface area contributed by atoms with Crippen LogP contribution in [0.25, 0.3) is 0 Å². The predicted octanol–water partition coefficient (Wildman–Crippen LogP) is 2.90. The topological polar surface area (TPSA) is 30.5 Å². The van der Waals surface area contributed by atoms with Crippen LogP contribution in [0.2, 0.25) is 0 Å². The highest BCUT2D eigenvalue weighted by Gasteiger charge is 2.21. The number of ether oxygens (including phenoxy) is 2. The minimum Gasteiger partial charge on any atom is -0.493 e. The third-order valence-electron chi connectivity index (χ3n) is 3.07. The van der Waals surface area contributed by atoms with E-state index in [0.717, 1.165) is 29.8 Å². The molecule has 0 fully saturated rings. The van der Waals surface area contributed by atoms with E-state index in [2.05, 4.69) is 34.2 Å². The molecule has 0 spiro atoms. The number of benzene rings is 1. The third-order valence-corrected chi connectivity index (χ3v) is 3.56. The first-order valence-electron chi connectivity index (χ1n) is 5.89. The molecule has 0 radical (unpaired) electrons. The molecule has 1 aliphatic heterocycles. The monoisotopic (exact) mass is 299 g/mol. The Kier molecular flexibility index (Phi) is 4.42. The molecule has 17 heavy (non-hydrogen) atoms. The molecule has 0 bridgehead atoms. The number of methoxy groups -OCH3 is 1. The molecule has 1 heterocycles. The lowest BCUT2D eigenvalue weighted by Crippen LogP contribution is -2.32. The van der Waals surface area contributed by atoms with Crippen LogP contribution in [0.5, 0.6) is 5.75 Å². The van der Waals surface area contributed by atoms with E-state index in [4.69, 9.17) is 9.47 Å². The van der Waals surface area contributed by atoms with Crippen LogP contribution in [0, 0.1) is 0 Å². The first-order valence-corrected chi connectivity index (χ1v) is 6.68. The van der Waals surface area contributed by atoms with Gasteiger partial charge in [-0.3, -0.25) is 0 Å². The molecule has 3 nitrogen and oxygen atoms in total. The van der Waals surface area contributed by atoms with Gasteiger partial charge in [-0.05, 0) is 25.1 Å². The van der Waals surface area contributed by atoms with Crippen molar-refractivity contribution in [1.82, 2.24) is 5.32 Å². The Balaban J connectivity index is 2.08. The SMILES string of the molecule is COC(C)CNC1CCOc2ccc(Br)cc21. The molecule has 0 amide bonds. The Hall–Kier alpha value is -0.580. The molecule has 0 aliphatic carbocycles. The summed E-state index contributed by atoms with van der Waals surface area (Å²) in [5.74, 6) is 0.988. The Morgan fingerprint density at radius 2 is 2.41 bits per heavy atom. The fourth-order valence-corrected chi connectivity index (χ4v) is 2.35. The second-order valence-corrected chi connectivity index (χ2v) is 5.24. The van der Waals surface area contributed by atoms with E-state index < -0.39 is 0 Å². The van der Waals surface area contributed by atoms with Gasteiger partial charge in [0.1, 0.15) is 5.75 Å². The average molecular weight is 300 g/mol. The van der Waals surface area contributed by atoms with Gasteiger partial charge in [-0.25, -0.2) is 0 Å². The molecular weight excluding hydrogens is 282 g/mol. The van der Waals surface area contributed by atoms with Gasteiger partial charge in [0, 0.05) is 36.2 Å². The summed E-state index contributed by atoms with van der Waals surface area (Å²) in [5, 5.41) is 3.53. The van der Waals surface area contributed by atoms with Crippen molar-refractivity contribution in [2.45, 2.75) is 25.5 Å². The molecule has 2 atom stereocenters. The molecule has 2 unspecified atom stereocenters. The van der Waals surface area contributed by atoms with Crippen molar-refractivity contribution in [3.8, 4) is 5.75 Å². The Labute approximate surface area is 111 Å². The molecule has 1 aliphatic rings. The quantitative estimate of drug-likeness (QED) is 0.927. The van der Waals surface area contributed by atoms with Crippen LogP contribution < -0.4 is 10.1 Å². The van der Waals surface area contributed by atoms with Gasteiger partial charge in [0.25, 0.3) is 0 Å². The molecular formula is C13H18BrNO2.